The van der Waals surface area contributed by atoms with Crippen LogP contribution in [0.15, 0.2) is 42.3 Å². The van der Waals surface area contributed by atoms with E-state index in [-0.39, 0.29) is 13.0 Å². The van der Waals surface area contributed by atoms with Crippen molar-refractivity contribution in [1.29, 1.82) is 0 Å². The number of Topliss-reactive ketones (excluding diaryl/α,β-unsaturated/α-hetero) is 1. The minimum atomic E-state index is -1.74. The van der Waals surface area contributed by atoms with Gasteiger partial charge in [-0.05, 0) is 18.2 Å². The van der Waals surface area contributed by atoms with E-state index in [1.807, 2.05) is 0 Å². The third-order valence-corrected chi connectivity index (χ3v) is 5.12. The number of aliphatic hydroxyl groups excluding tert-OH is 4. The summed E-state index contributed by atoms with van der Waals surface area (Å²) in [6, 6.07) is 6.92. The molecular formula is C20H24N4O8. The smallest absolute Gasteiger partial charge is 0.370 e. The third-order valence-electron chi connectivity index (χ3n) is 5.12. The number of aliphatic carboxylic acids is 1. The second kappa shape index (κ2) is 9.87. The number of carbonyl (C=O) groups is 2. The minimum absolute atomic E-state index is 0.202. The molecule has 3 unspecified atom stereocenters. The predicted molar refractivity (Wildman–Crippen MR) is 109 cm³/mol. The number of carboxylic acids is 1. The molecule has 172 valence electrons. The lowest BCUT2D eigenvalue weighted by atomic mass is 9.84. The molecule has 0 spiro atoms. The maximum Gasteiger partial charge on any atom is 0.370 e. The van der Waals surface area contributed by atoms with Crippen LogP contribution < -0.4 is 5.73 Å². The number of nitrogen functional groups attached to an aromatic ring is 1. The summed E-state index contributed by atoms with van der Waals surface area (Å²) in [5.74, 6) is -3.58. The molecule has 0 saturated heterocycles. The van der Waals surface area contributed by atoms with Crippen LogP contribution in [-0.4, -0.2) is 83.3 Å². The second-order valence-corrected chi connectivity index (χ2v) is 7.48. The molecule has 5 atom stereocenters. The summed E-state index contributed by atoms with van der Waals surface area (Å²) >= 11 is 0. The number of ether oxygens (including phenoxy) is 1. The van der Waals surface area contributed by atoms with Crippen molar-refractivity contribution < 1.29 is 39.9 Å². The lowest BCUT2D eigenvalue weighted by molar-refractivity contribution is -0.154. The predicted octanol–water partition coefficient (Wildman–Crippen LogP) is -1.45. The first-order chi connectivity index (χ1) is 15.2. The van der Waals surface area contributed by atoms with Crippen molar-refractivity contribution in [2.75, 3.05) is 12.3 Å². The lowest BCUT2D eigenvalue weighted by Gasteiger charge is -2.37. The van der Waals surface area contributed by atoms with Crippen molar-refractivity contribution in [1.82, 2.24) is 15.0 Å². The molecule has 7 N–H and O–H groups in total. The Bertz CT molecular complexity index is 990. The van der Waals surface area contributed by atoms with Gasteiger partial charge in [-0.15, -0.1) is 5.10 Å². The number of benzene rings is 1. The Morgan fingerprint density at radius 2 is 1.91 bits per heavy atom. The number of anilines is 1. The first-order valence-electron chi connectivity index (χ1n) is 9.74. The van der Waals surface area contributed by atoms with Crippen molar-refractivity contribution in [2.24, 2.45) is 5.92 Å². The van der Waals surface area contributed by atoms with E-state index < -0.39 is 54.5 Å². The van der Waals surface area contributed by atoms with Crippen LogP contribution in [0.5, 0.6) is 0 Å². The second-order valence-electron chi connectivity index (χ2n) is 7.48. The molecule has 1 aliphatic heterocycles. The number of rotatable bonds is 9. The normalized spacial score (nSPS) is 22.5. The van der Waals surface area contributed by atoms with E-state index in [9.17, 15) is 24.9 Å². The maximum atomic E-state index is 12.6. The molecule has 2 heterocycles. The van der Waals surface area contributed by atoms with Gasteiger partial charge in [0.15, 0.2) is 5.78 Å². The van der Waals surface area contributed by atoms with E-state index >= 15 is 0 Å². The van der Waals surface area contributed by atoms with Crippen molar-refractivity contribution in [3.8, 4) is 11.3 Å². The molecule has 0 amide bonds. The van der Waals surface area contributed by atoms with Gasteiger partial charge in [0.25, 0.3) is 0 Å². The van der Waals surface area contributed by atoms with Gasteiger partial charge in [-0.2, -0.15) is 0 Å². The Kier molecular flexibility index (Phi) is 7.20. The van der Waals surface area contributed by atoms with E-state index in [1.165, 1.54) is 4.68 Å². The number of aromatic nitrogens is 3. The lowest BCUT2D eigenvalue weighted by Crippen LogP contribution is -2.51. The molecule has 12 nitrogen and oxygen atoms in total. The number of nitrogens with zero attached hydrogens (tertiary/aromatic N) is 3. The Labute approximate surface area is 182 Å². The van der Waals surface area contributed by atoms with Crippen molar-refractivity contribution in [3.05, 3.63) is 42.3 Å². The van der Waals surface area contributed by atoms with Gasteiger partial charge in [-0.1, -0.05) is 17.3 Å². The average molecular weight is 448 g/mol. The van der Waals surface area contributed by atoms with Crippen LogP contribution in [0.3, 0.4) is 0 Å². The summed E-state index contributed by atoms with van der Waals surface area (Å²) in [6.07, 6.45) is -4.11. The van der Waals surface area contributed by atoms with E-state index in [4.69, 9.17) is 20.7 Å². The van der Waals surface area contributed by atoms with Gasteiger partial charge in [-0.25, -0.2) is 9.48 Å². The topological polar surface area (TPSA) is 201 Å². The molecule has 1 aliphatic rings. The standard InChI is InChI=1S/C20H24N4O8/c21-11-3-1-10(2-4-11)14-8-24(23-22-14)7-12(26)5-13-15(27)6-17(20(30)31)32-19(13)18(29)16(28)9-25/h1-4,6,8,13,15-16,18-19,25,27-29H,5,7,9,21H2,(H,30,31)/t13-,15-,16?,18?,19?/m1/s1. The van der Waals surface area contributed by atoms with Crippen molar-refractivity contribution in [3.63, 3.8) is 0 Å². The monoisotopic (exact) mass is 448 g/mol. The fourth-order valence-electron chi connectivity index (χ4n) is 3.42. The average Bonchev–Trinajstić information content (AvgIpc) is 3.22. The Hall–Kier alpha value is -3.32. The fourth-order valence-corrected chi connectivity index (χ4v) is 3.42. The number of carboxylic acid groups (broad SMARTS) is 1. The molecular weight excluding hydrogens is 424 g/mol. The zero-order valence-electron chi connectivity index (χ0n) is 16.9. The van der Waals surface area contributed by atoms with Gasteiger partial charge in [0.1, 0.15) is 30.6 Å². The SMILES string of the molecule is Nc1ccc(-c2cn(CC(=O)C[C@H]3C(C(O)C(O)CO)OC(C(=O)O)=C[C@H]3O)nn2)cc1. The van der Waals surface area contributed by atoms with Crippen molar-refractivity contribution in [2.45, 2.75) is 37.4 Å². The fraction of sp³-hybridized carbons (Fsp3) is 0.400. The number of hydrogen-bond acceptors (Lipinski definition) is 10. The van der Waals surface area contributed by atoms with Gasteiger partial charge >= 0.3 is 5.97 Å². The van der Waals surface area contributed by atoms with Crippen LogP contribution in [0.4, 0.5) is 5.69 Å². The first kappa shape index (κ1) is 23.3. The summed E-state index contributed by atoms with van der Waals surface area (Å²) in [5, 5.41) is 56.6. The van der Waals surface area contributed by atoms with Gasteiger partial charge in [0.2, 0.25) is 5.76 Å². The van der Waals surface area contributed by atoms with Gasteiger partial charge in [0.05, 0.1) is 18.9 Å². The summed E-state index contributed by atoms with van der Waals surface area (Å²) in [5.41, 5.74) is 7.52. The van der Waals surface area contributed by atoms with Crippen LogP contribution in [0.2, 0.25) is 0 Å². The highest BCUT2D eigenvalue weighted by Crippen LogP contribution is 2.30. The zero-order valence-corrected chi connectivity index (χ0v) is 16.9. The number of hydrogen-bond donors (Lipinski definition) is 6. The van der Waals surface area contributed by atoms with Gasteiger partial charge in [-0.3, -0.25) is 4.79 Å². The van der Waals surface area contributed by atoms with Gasteiger partial charge < -0.3 is 36.0 Å². The van der Waals surface area contributed by atoms with Crippen LogP contribution in [0.1, 0.15) is 6.42 Å². The molecule has 1 aromatic heterocycles. The first-order valence-corrected chi connectivity index (χ1v) is 9.74. The van der Waals surface area contributed by atoms with E-state index in [1.54, 1.807) is 30.5 Å². The van der Waals surface area contributed by atoms with Crippen LogP contribution in [-0.2, 0) is 20.9 Å². The number of nitrogens with two attached hydrogens (primary N) is 1. The minimum Gasteiger partial charge on any atom is -0.480 e. The molecule has 0 bridgehead atoms. The molecule has 0 fully saturated rings. The largest absolute Gasteiger partial charge is 0.480 e. The number of aliphatic hydroxyl groups is 4. The summed E-state index contributed by atoms with van der Waals surface area (Å²) in [6.45, 7) is -1.02. The summed E-state index contributed by atoms with van der Waals surface area (Å²) < 4.78 is 6.52. The van der Waals surface area contributed by atoms with Crippen molar-refractivity contribution >= 4 is 17.4 Å². The van der Waals surface area contributed by atoms with Crippen LogP contribution >= 0.6 is 0 Å². The highest BCUT2D eigenvalue weighted by atomic mass is 16.5. The quantitative estimate of drug-likeness (QED) is 0.245. The van der Waals surface area contributed by atoms with Gasteiger partial charge in [0, 0.05) is 23.6 Å². The highest BCUT2D eigenvalue weighted by molar-refractivity contribution is 5.84. The summed E-state index contributed by atoms with van der Waals surface area (Å²) in [4.78, 5) is 23.9. The number of carbonyl (C=O) groups excluding carboxylic acids is 1. The molecule has 2 aromatic rings. The molecule has 0 radical (unpaired) electrons. The molecule has 32 heavy (non-hydrogen) atoms. The molecule has 12 heteroatoms. The molecule has 3 rings (SSSR count). The van der Waals surface area contributed by atoms with E-state index in [2.05, 4.69) is 10.3 Å². The zero-order chi connectivity index (χ0) is 23.4. The number of ketones is 1. The Morgan fingerprint density at radius 1 is 1.22 bits per heavy atom. The summed E-state index contributed by atoms with van der Waals surface area (Å²) in [7, 11) is 0. The molecule has 1 aromatic carbocycles. The van der Waals surface area contributed by atoms with Crippen LogP contribution in [0.25, 0.3) is 11.3 Å². The third kappa shape index (κ3) is 5.29. The van der Waals surface area contributed by atoms with E-state index in [0.29, 0.717) is 11.4 Å². The van der Waals surface area contributed by atoms with E-state index in [0.717, 1.165) is 11.6 Å². The van der Waals surface area contributed by atoms with Crippen LogP contribution in [0, 0.1) is 5.92 Å². The Morgan fingerprint density at radius 3 is 2.53 bits per heavy atom. The molecule has 0 aliphatic carbocycles. The maximum absolute atomic E-state index is 12.6. The highest BCUT2D eigenvalue weighted by Gasteiger charge is 2.43. The molecule has 0 saturated carbocycles. The Balaban J connectivity index is 1.73.